The number of ether oxygens (including phenoxy) is 1. The molecule has 1 amide bonds. The second-order valence-electron chi connectivity index (χ2n) is 7.25. The van der Waals surface area contributed by atoms with E-state index in [2.05, 4.69) is 24.0 Å². The summed E-state index contributed by atoms with van der Waals surface area (Å²) >= 11 is 1.58. The van der Waals surface area contributed by atoms with Crippen LogP contribution < -0.4 is 4.90 Å². The van der Waals surface area contributed by atoms with Gasteiger partial charge in [-0.25, -0.2) is 4.98 Å². The molecule has 28 heavy (non-hydrogen) atoms. The van der Waals surface area contributed by atoms with Gasteiger partial charge in [0.05, 0.1) is 23.4 Å². The summed E-state index contributed by atoms with van der Waals surface area (Å²) in [6, 6.07) is 14.0. The highest BCUT2D eigenvalue weighted by atomic mass is 32.1. The zero-order valence-corrected chi connectivity index (χ0v) is 17.2. The molecule has 0 atom stereocenters. The van der Waals surface area contributed by atoms with Crippen LogP contribution in [0.15, 0.2) is 42.5 Å². The van der Waals surface area contributed by atoms with E-state index >= 15 is 0 Å². The van der Waals surface area contributed by atoms with Crippen molar-refractivity contribution < 1.29 is 9.53 Å². The fourth-order valence-corrected chi connectivity index (χ4v) is 4.51. The molecule has 1 fully saturated rings. The van der Waals surface area contributed by atoms with Crippen molar-refractivity contribution in [1.82, 2.24) is 9.88 Å². The van der Waals surface area contributed by atoms with E-state index in [0.29, 0.717) is 12.1 Å². The van der Waals surface area contributed by atoms with Crippen molar-refractivity contribution in [3.05, 3.63) is 59.2 Å². The molecule has 1 aliphatic heterocycles. The number of hydrogen-bond donors (Lipinski definition) is 0. The van der Waals surface area contributed by atoms with Crippen LogP contribution in [-0.2, 0) is 4.74 Å². The van der Waals surface area contributed by atoms with Crippen LogP contribution in [0.3, 0.4) is 0 Å². The van der Waals surface area contributed by atoms with Crippen molar-refractivity contribution in [3.63, 3.8) is 0 Å². The molecule has 2 aromatic carbocycles. The van der Waals surface area contributed by atoms with Gasteiger partial charge in [0.15, 0.2) is 5.13 Å². The Hall–Kier alpha value is -2.28. The summed E-state index contributed by atoms with van der Waals surface area (Å²) in [7, 11) is 0. The Kier molecular flexibility index (Phi) is 5.71. The second kappa shape index (κ2) is 8.39. The lowest BCUT2D eigenvalue weighted by Crippen LogP contribution is -2.43. The maximum absolute atomic E-state index is 13.4. The number of amides is 1. The average molecular weight is 396 g/mol. The van der Waals surface area contributed by atoms with Crippen LogP contribution in [0, 0.1) is 13.8 Å². The Balaban J connectivity index is 1.63. The largest absolute Gasteiger partial charge is 0.379 e. The number of hydrogen-bond acceptors (Lipinski definition) is 5. The first-order valence-electron chi connectivity index (χ1n) is 9.66. The van der Waals surface area contributed by atoms with E-state index in [1.165, 1.54) is 5.56 Å². The molecule has 0 N–H and O–H groups in total. The lowest BCUT2D eigenvalue weighted by Gasteiger charge is -2.29. The summed E-state index contributed by atoms with van der Waals surface area (Å²) in [5.41, 5.74) is 3.93. The summed E-state index contributed by atoms with van der Waals surface area (Å²) in [6.45, 7) is 8.85. The number of aryl methyl sites for hydroxylation is 2. The van der Waals surface area contributed by atoms with Crippen LogP contribution in [0.4, 0.5) is 5.13 Å². The van der Waals surface area contributed by atoms with Crippen LogP contribution in [0.5, 0.6) is 0 Å². The zero-order chi connectivity index (χ0) is 19.5. The molecule has 1 aromatic heterocycles. The van der Waals surface area contributed by atoms with Gasteiger partial charge < -0.3 is 4.74 Å². The molecule has 2 heterocycles. The maximum atomic E-state index is 13.4. The van der Waals surface area contributed by atoms with Gasteiger partial charge >= 0.3 is 0 Å². The van der Waals surface area contributed by atoms with Crippen LogP contribution in [-0.4, -0.2) is 55.2 Å². The molecular weight excluding hydrogens is 370 g/mol. The van der Waals surface area contributed by atoms with Gasteiger partial charge in [0.25, 0.3) is 5.91 Å². The van der Waals surface area contributed by atoms with E-state index in [0.717, 1.165) is 53.8 Å². The molecule has 0 radical (unpaired) electrons. The molecule has 146 valence electrons. The van der Waals surface area contributed by atoms with Gasteiger partial charge in [-0.3, -0.25) is 14.6 Å². The van der Waals surface area contributed by atoms with Crippen LogP contribution in [0.1, 0.15) is 21.5 Å². The molecule has 0 aliphatic carbocycles. The number of morpholine rings is 1. The normalized spacial score (nSPS) is 15.1. The minimum atomic E-state index is 0.00716. The molecule has 5 nitrogen and oxygen atoms in total. The highest BCUT2D eigenvalue weighted by Gasteiger charge is 2.23. The Morgan fingerprint density at radius 3 is 2.71 bits per heavy atom. The Morgan fingerprint density at radius 1 is 1.14 bits per heavy atom. The molecule has 0 unspecified atom stereocenters. The molecule has 0 saturated carbocycles. The van der Waals surface area contributed by atoms with Gasteiger partial charge in [-0.05, 0) is 43.7 Å². The smallest absolute Gasteiger partial charge is 0.260 e. The van der Waals surface area contributed by atoms with Gasteiger partial charge in [-0.15, -0.1) is 0 Å². The molecule has 1 aliphatic rings. The predicted molar refractivity (Wildman–Crippen MR) is 114 cm³/mol. The second-order valence-corrected chi connectivity index (χ2v) is 8.26. The minimum Gasteiger partial charge on any atom is -0.379 e. The van der Waals surface area contributed by atoms with E-state index in [1.807, 2.05) is 42.2 Å². The predicted octanol–water partition coefficient (Wildman–Crippen LogP) is 3.89. The number of carbonyl (C=O) groups excluding carboxylic acids is 1. The summed E-state index contributed by atoms with van der Waals surface area (Å²) < 4.78 is 6.55. The quantitative estimate of drug-likeness (QED) is 0.657. The van der Waals surface area contributed by atoms with E-state index in [-0.39, 0.29) is 5.91 Å². The Labute approximate surface area is 169 Å². The van der Waals surface area contributed by atoms with Crippen molar-refractivity contribution in [1.29, 1.82) is 0 Å². The van der Waals surface area contributed by atoms with Crippen molar-refractivity contribution in [2.75, 3.05) is 44.3 Å². The lowest BCUT2D eigenvalue weighted by molar-refractivity contribution is 0.0391. The molecule has 6 heteroatoms. The summed E-state index contributed by atoms with van der Waals surface area (Å²) in [5, 5.41) is 0.764. The number of anilines is 1. The van der Waals surface area contributed by atoms with E-state index in [9.17, 15) is 4.79 Å². The van der Waals surface area contributed by atoms with Gasteiger partial charge in [-0.2, -0.15) is 0 Å². The number of fused-ring (bicyclic) bond motifs is 1. The third-order valence-corrected chi connectivity index (χ3v) is 6.06. The average Bonchev–Trinajstić information content (AvgIpc) is 3.11. The number of carbonyl (C=O) groups is 1. The van der Waals surface area contributed by atoms with Crippen molar-refractivity contribution >= 4 is 32.6 Å². The maximum Gasteiger partial charge on any atom is 0.260 e. The van der Waals surface area contributed by atoms with Gasteiger partial charge in [0.1, 0.15) is 0 Å². The van der Waals surface area contributed by atoms with E-state index < -0.39 is 0 Å². The van der Waals surface area contributed by atoms with Gasteiger partial charge in [0, 0.05) is 31.7 Å². The summed E-state index contributed by atoms with van der Waals surface area (Å²) in [5.74, 6) is 0.00716. The van der Waals surface area contributed by atoms with Gasteiger partial charge in [-0.1, -0.05) is 35.1 Å². The third-order valence-electron chi connectivity index (χ3n) is 5.02. The Bertz CT molecular complexity index is 979. The standard InChI is InChI=1S/C22H25N3O2S/c1-16-4-3-5-18(14-16)21(26)25(9-8-24-10-12-27-13-11-24)22-23-19-7-6-17(2)15-20(19)28-22/h3-7,14-15H,8-13H2,1-2H3. The number of benzene rings is 2. The molecule has 1 saturated heterocycles. The highest BCUT2D eigenvalue weighted by molar-refractivity contribution is 7.22. The van der Waals surface area contributed by atoms with Gasteiger partial charge in [0.2, 0.25) is 0 Å². The number of aromatic nitrogens is 1. The molecule has 3 aromatic rings. The first kappa shape index (κ1) is 19.1. The summed E-state index contributed by atoms with van der Waals surface area (Å²) in [6.07, 6.45) is 0. The molecule has 0 bridgehead atoms. The van der Waals surface area contributed by atoms with Crippen molar-refractivity contribution in [2.24, 2.45) is 0 Å². The molecule has 4 rings (SSSR count). The third kappa shape index (κ3) is 4.24. The van der Waals surface area contributed by atoms with Crippen LogP contribution >= 0.6 is 11.3 Å². The molecular formula is C22H25N3O2S. The van der Waals surface area contributed by atoms with E-state index in [1.54, 1.807) is 11.3 Å². The Morgan fingerprint density at radius 2 is 1.93 bits per heavy atom. The van der Waals surface area contributed by atoms with Crippen molar-refractivity contribution in [2.45, 2.75) is 13.8 Å². The topological polar surface area (TPSA) is 45.7 Å². The highest BCUT2D eigenvalue weighted by Crippen LogP contribution is 2.30. The van der Waals surface area contributed by atoms with Crippen molar-refractivity contribution in [3.8, 4) is 0 Å². The number of nitrogens with zero attached hydrogens (tertiary/aromatic N) is 3. The number of rotatable bonds is 5. The van der Waals surface area contributed by atoms with Crippen LogP contribution in [0.25, 0.3) is 10.2 Å². The number of thiazole rings is 1. The first-order chi connectivity index (χ1) is 13.6. The lowest BCUT2D eigenvalue weighted by atomic mass is 10.1. The fourth-order valence-electron chi connectivity index (χ4n) is 3.42. The first-order valence-corrected chi connectivity index (χ1v) is 10.5. The molecule has 0 spiro atoms. The fraction of sp³-hybridized carbons (Fsp3) is 0.364. The monoisotopic (exact) mass is 395 g/mol. The minimum absolute atomic E-state index is 0.00716. The zero-order valence-electron chi connectivity index (χ0n) is 16.4. The van der Waals surface area contributed by atoms with Crippen LogP contribution in [0.2, 0.25) is 0 Å². The summed E-state index contributed by atoms with van der Waals surface area (Å²) in [4.78, 5) is 22.3. The van der Waals surface area contributed by atoms with E-state index in [4.69, 9.17) is 9.72 Å². The SMILES string of the molecule is Cc1cccc(C(=O)N(CCN2CCOCC2)c2nc3ccc(C)cc3s2)c1.